The molecule has 0 aliphatic heterocycles. The summed E-state index contributed by atoms with van der Waals surface area (Å²) >= 11 is 9.01. The minimum atomic E-state index is -1.12. The Labute approximate surface area is 127 Å². The highest BCUT2D eigenvalue weighted by atomic mass is 79.9. The Bertz CT molecular complexity index is 691. The lowest BCUT2D eigenvalue weighted by Crippen LogP contribution is -2.13. The van der Waals surface area contributed by atoms with Gasteiger partial charge in [-0.25, -0.2) is 9.78 Å². The van der Waals surface area contributed by atoms with E-state index >= 15 is 0 Å². The predicted molar refractivity (Wildman–Crippen MR) is 78.3 cm³/mol. The molecule has 0 atom stereocenters. The van der Waals surface area contributed by atoms with Crippen molar-refractivity contribution in [2.45, 2.75) is 0 Å². The first kappa shape index (κ1) is 14.5. The number of nitrogens with one attached hydrogen (secondary N) is 1. The molecule has 102 valence electrons. The van der Waals surface area contributed by atoms with Gasteiger partial charge in [-0.05, 0) is 46.3 Å². The number of amides is 1. The van der Waals surface area contributed by atoms with Crippen molar-refractivity contribution in [3.05, 3.63) is 57.3 Å². The molecule has 0 fully saturated rings. The predicted octanol–water partition coefficient (Wildman–Crippen LogP) is 3.45. The molecule has 1 aromatic heterocycles. The lowest BCUT2D eigenvalue weighted by molar-refractivity contribution is 0.0697. The largest absolute Gasteiger partial charge is 0.478 e. The summed E-state index contributed by atoms with van der Waals surface area (Å²) in [5, 5.41) is 11.5. The van der Waals surface area contributed by atoms with Crippen LogP contribution in [0.2, 0.25) is 5.02 Å². The number of rotatable bonds is 3. The molecule has 1 amide bonds. The maximum absolute atomic E-state index is 12.0. The Hall–Kier alpha value is -1.92. The number of aromatic carboxylic acids is 1. The van der Waals surface area contributed by atoms with Crippen molar-refractivity contribution in [3.63, 3.8) is 0 Å². The number of anilines is 1. The molecule has 0 bridgehead atoms. The number of hydrogen-bond acceptors (Lipinski definition) is 3. The molecule has 0 saturated carbocycles. The maximum Gasteiger partial charge on any atom is 0.337 e. The Balaban J connectivity index is 2.23. The molecular formula is C13H8BrClN2O3. The highest BCUT2D eigenvalue weighted by Gasteiger charge is 2.13. The summed E-state index contributed by atoms with van der Waals surface area (Å²) < 4.78 is 0.422. The van der Waals surface area contributed by atoms with Crippen LogP contribution in [-0.4, -0.2) is 22.0 Å². The van der Waals surface area contributed by atoms with Crippen LogP contribution in [0.25, 0.3) is 0 Å². The van der Waals surface area contributed by atoms with Crippen LogP contribution in [0, 0.1) is 0 Å². The zero-order valence-corrected chi connectivity index (χ0v) is 12.3. The summed E-state index contributed by atoms with van der Waals surface area (Å²) in [5.41, 5.74) is 0.749. The molecule has 1 heterocycles. The van der Waals surface area contributed by atoms with E-state index in [1.54, 1.807) is 18.3 Å². The second kappa shape index (κ2) is 6.02. The van der Waals surface area contributed by atoms with Gasteiger partial charge in [0.25, 0.3) is 5.91 Å². The van der Waals surface area contributed by atoms with Crippen molar-refractivity contribution in [2.75, 3.05) is 5.32 Å². The minimum Gasteiger partial charge on any atom is -0.478 e. The summed E-state index contributed by atoms with van der Waals surface area (Å²) in [5.74, 6) is -1.49. The van der Waals surface area contributed by atoms with E-state index in [0.717, 1.165) is 0 Å². The van der Waals surface area contributed by atoms with Crippen molar-refractivity contribution >= 4 is 45.1 Å². The summed E-state index contributed by atoms with van der Waals surface area (Å²) in [4.78, 5) is 26.8. The fourth-order valence-corrected chi connectivity index (χ4v) is 2.21. The quantitative estimate of drug-likeness (QED) is 0.827. The molecule has 20 heavy (non-hydrogen) atoms. The first-order chi connectivity index (χ1) is 9.49. The SMILES string of the molecule is O=C(O)c1ccc(NC(=O)c2cccnc2Br)cc1Cl. The van der Waals surface area contributed by atoms with E-state index < -0.39 is 5.97 Å². The fourth-order valence-electron chi connectivity index (χ4n) is 1.52. The molecule has 0 radical (unpaired) electrons. The molecule has 0 saturated heterocycles. The summed E-state index contributed by atoms with van der Waals surface area (Å²) in [6.07, 6.45) is 1.55. The maximum atomic E-state index is 12.0. The van der Waals surface area contributed by atoms with E-state index in [4.69, 9.17) is 16.7 Å². The Morgan fingerprint density at radius 2 is 2.00 bits per heavy atom. The summed E-state index contributed by atoms with van der Waals surface area (Å²) in [6, 6.07) is 7.43. The number of halogens is 2. The van der Waals surface area contributed by atoms with Crippen molar-refractivity contribution in [3.8, 4) is 0 Å². The lowest BCUT2D eigenvalue weighted by Gasteiger charge is -2.07. The van der Waals surface area contributed by atoms with Crippen molar-refractivity contribution in [1.82, 2.24) is 4.98 Å². The van der Waals surface area contributed by atoms with Gasteiger partial charge in [-0.3, -0.25) is 4.79 Å². The number of benzene rings is 1. The number of pyridine rings is 1. The number of carboxylic acids is 1. The van der Waals surface area contributed by atoms with Crippen molar-refractivity contribution in [2.24, 2.45) is 0 Å². The molecular weight excluding hydrogens is 348 g/mol. The first-order valence-electron chi connectivity index (χ1n) is 5.44. The molecule has 0 aliphatic carbocycles. The second-order valence-corrected chi connectivity index (χ2v) is 4.95. The number of carbonyl (C=O) groups excluding carboxylic acids is 1. The van der Waals surface area contributed by atoms with Crippen LogP contribution >= 0.6 is 27.5 Å². The Morgan fingerprint density at radius 1 is 1.25 bits per heavy atom. The summed E-state index contributed by atoms with van der Waals surface area (Å²) in [6.45, 7) is 0. The Morgan fingerprint density at radius 3 is 2.60 bits per heavy atom. The Kier molecular flexibility index (Phi) is 4.36. The zero-order valence-electron chi connectivity index (χ0n) is 9.93. The van der Waals surface area contributed by atoms with Crippen LogP contribution in [-0.2, 0) is 0 Å². The highest BCUT2D eigenvalue weighted by molar-refractivity contribution is 9.10. The van der Waals surface area contributed by atoms with Crippen LogP contribution in [0.5, 0.6) is 0 Å². The molecule has 0 aliphatic rings. The van der Waals surface area contributed by atoms with Crippen molar-refractivity contribution in [1.29, 1.82) is 0 Å². The lowest BCUT2D eigenvalue weighted by atomic mass is 10.2. The van der Waals surface area contributed by atoms with Crippen LogP contribution < -0.4 is 5.32 Å². The monoisotopic (exact) mass is 354 g/mol. The topological polar surface area (TPSA) is 79.3 Å². The number of nitrogens with zero attached hydrogens (tertiary/aromatic N) is 1. The third-order valence-corrected chi connectivity index (χ3v) is 3.41. The van der Waals surface area contributed by atoms with E-state index in [1.807, 2.05) is 0 Å². The average molecular weight is 356 g/mol. The smallest absolute Gasteiger partial charge is 0.337 e. The van der Waals surface area contributed by atoms with Gasteiger partial charge in [-0.1, -0.05) is 11.6 Å². The van der Waals surface area contributed by atoms with Gasteiger partial charge < -0.3 is 10.4 Å². The first-order valence-corrected chi connectivity index (χ1v) is 6.61. The molecule has 0 unspecified atom stereocenters. The molecule has 5 nitrogen and oxygen atoms in total. The van der Waals surface area contributed by atoms with E-state index in [0.29, 0.717) is 15.9 Å². The van der Waals surface area contributed by atoms with Crippen molar-refractivity contribution < 1.29 is 14.7 Å². The van der Waals surface area contributed by atoms with Crippen LogP contribution in [0.3, 0.4) is 0 Å². The number of aromatic nitrogens is 1. The molecule has 1 aromatic carbocycles. The normalized spacial score (nSPS) is 10.1. The zero-order chi connectivity index (χ0) is 14.7. The molecule has 2 N–H and O–H groups in total. The third kappa shape index (κ3) is 3.15. The second-order valence-electron chi connectivity index (χ2n) is 3.80. The molecule has 2 aromatic rings. The average Bonchev–Trinajstić information content (AvgIpc) is 2.38. The molecule has 7 heteroatoms. The van der Waals surface area contributed by atoms with Gasteiger partial charge in [0.15, 0.2) is 0 Å². The summed E-state index contributed by atoms with van der Waals surface area (Å²) in [7, 11) is 0. The molecule has 0 spiro atoms. The highest BCUT2D eigenvalue weighted by Crippen LogP contribution is 2.22. The van der Waals surface area contributed by atoms with Crippen LogP contribution in [0.15, 0.2) is 41.1 Å². The van der Waals surface area contributed by atoms with Gasteiger partial charge in [0, 0.05) is 11.9 Å². The van der Waals surface area contributed by atoms with E-state index in [1.165, 1.54) is 18.2 Å². The molecule has 2 rings (SSSR count). The minimum absolute atomic E-state index is 0.0211. The van der Waals surface area contributed by atoms with Gasteiger partial charge in [0.1, 0.15) is 4.60 Å². The van der Waals surface area contributed by atoms with Crippen LogP contribution in [0.4, 0.5) is 5.69 Å². The van der Waals surface area contributed by atoms with Gasteiger partial charge in [-0.2, -0.15) is 0 Å². The van der Waals surface area contributed by atoms with E-state index in [9.17, 15) is 9.59 Å². The van der Waals surface area contributed by atoms with Gasteiger partial charge in [-0.15, -0.1) is 0 Å². The number of carboxylic acid groups (broad SMARTS) is 1. The van der Waals surface area contributed by atoms with E-state index in [-0.39, 0.29) is 16.5 Å². The van der Waals surface area contributed by atoms with E-state index in [2.05, 4.69) is 26.2 Å². The standard InChI is InChI=1S/C13H8BrClN2O3/c14-11-9(2-1-5-16-11)12(18)17-7-3-4-8(13(19)20)10(15)6-7/h1-6H,(H,17,18)(H,19,20). The van der Waals surface area contributed by atoms with Gasteiger partial charge >= 0.3 is 5.97 Å². The third-order valence-electron chi connectivity index (χ3n) is 2.46. The fraction of sp³-hybridized carbons (Fsp3) is 0. The van der Waals surface area contributed by atoms with Crippen LogP contribution in [0.1, 0.15) is 20.7 Å². The van der Waals surface area contributed by atoms with Gasteiger partial charge in [0.05, 0.1) is 16.1 Å². The number of hydrogen-bond donors (Lipinski definition) is 2. The number of carbonyl (C=O) groups is 2. The van der Waals surface area contributed by atoms with Gasteiger partial charge in [0.2, 0.25) is 0 Å².